The van der Waals surface area contributed by atoms with Crippen LogP contribution in [0.15, 0.2) is 24.3 Å². The third-order valence-electron chi connectivity index (χ3n) is 3.50. The van der Waals surface area contributed by atoms with Crippen molar-refractivity contribution >= 4 is 0 Å². The van der Waals surface area contributed by atoms with E-state index in [0.29, 0.717) is 30.8 Å². The molecule has 0 saturated heterocycles. The predicted molar refractivity (Wildman–Crippen MR) is 81.2 cm³/mol. The Bertz CT molecular complexity index is 362. The van der Waals surface area contributed by atoms with Crippen LogP contribution in [-0.2, 0) is 6.42 Å². The van der Waals surface area contributed by atoms with E-state index in [-0.39, 0.29) is 0 Å². The van der Waals surface area contributed by atoms with E-state index in [1.807, 2.05) is 12.1 Å². The molecule has 0 bridgehead atoms. The van der Waals surface area contributed by atoms with Crippen LogP contribution in [0.4, 0.5) is 0 Å². The van der Waals surface area contributed by atoms with Gasteiger partial charge in [0.05, 0.1) is 6.61 Å². The quantitative estimate of drug-likeness (QED) is 0.758. The van der Waals surface area contributed by atoms with Gasteiger partial charge in [-0.3, -0.25) is 0 Å². The van der Waals surface area contributed by atoms with Gasteiger partial charge in [-0.05, 0) is 48.9 Å². The summed E-state index contributed by atoms with van der Waals surface area (Å²) in [6.07, 6.45) is 0.966. The first kappa shape index (κ1) is 16.0. The molecule has 1 aromatic carbocycles. The second kappa shape index (κ2) is 8.18. The fraction of sp³-hybridized carbons (Fsp3) is 0.625. The summed E-state index contributed by atoms with van der Waals surface area (Å²) < 4.78 is 5.88. The number of hydrogen-bond acceptors (Lipinski definition) is 3. The molecule has 0 aromatic heterocycles. The number of para-hydroxylation sites is 1. The lowest BCUT2D eigenvalue weighted by Crippen LogP contribution is -2.30. The van der Waals surface area contributed by atoms with E-state index in [9.17, 15) is 0 Å². The van der Waals surface area contributed by atoms with Gasteiger partial charge in [-0.2, -0.15) is 0 Å². The monoisotopic (exact) mass is 264 g/mol. The Labute approximate surface area is 117 Å². The van der Waals surface area contributed by atoms with Crippen molar-refractivity contribution in [3.05, 3.63) is 29.8 Å². The Morgan fingerprint density at radius 2 is 1.68 bits per heavy atom. The van der Waals surface area contributed by atoms with E-state index in [1.54, 1.807) is 0 Å². The van der Waals surface area contributed by atoms with Crippen LogP contribution < -0.4 is 16.2 Å². The molecular formula is C16H28N2O. The Hall–Kier alpha value is -1.06. The van der Waals surface area contributed by atoms with Gasteiger partial charge in [0.1, 0.15) is 5.75 Å². The zero-order valence-electron chi connectivity index (χ0n) is 12.4. The zero-order valence-corrected chi connectivity index (χ0v) is 12.4. The molecule has 1 rings (SSSR count). The topological polar surface area (TPSA) is 61.3 Å². The Morgan fingerprint density at radius 3 is 2.26 bits per heavy atom. The maximum absolute atomic E-state index is 5.88. The Kier molecular flexibility index (Phi) is 6.89. The van der Waals surface area contributed by atoms with E-state index in [2.05, 4.69) is 32.9 Å². The maximum Gasteiger partial charge on any atom is 0.122 e. The molecule has 0 spiro atoms. The smallest absolute Gasteiger partial charge is 0.122 e. The molecule has 0 aliphatic carbocycles. The second-order valence-electron chi connectivity index (χ2n) is 5.73. The molecule has 3 heteroatoms. The van der Waals surface area contributed by atoms with E-state index in [4.69, 9.17) is 16.2 Å². The van der Waals surface area contributed by atoms with E-state index >= 15 is 0 Å². The minimum atomic E-state index is 0.373. The van der Waals surface area contributed by atoms with Crippen molar-refractivity contribution < 1.29 is 4.74 Å². The standard InChI is InChI=1S/C16H28N2O/c1-12(2)11-19-16-7-5-4-6-14(16)8-13(3)15(9-17)10-18/h4-7,12-13,15H,8-11,17-18H2,1-3H3. The summed E-state index contributed by atoms with van der Waals surface area (Å²) in [5, 5.41) is 0. The van der Waals surface area contributed by atoms with Crippen molar-refractivity contribution in [2.45, 2.75) is 27.2 Å². The minimum absolute atomic E-state index is 0.373. The van der Waals surface area contributed by atoms with Crippen molar-refractivity contribution in [3.8, 4) is 5.75 Å². The first-order valence-corrected chi connectivity index (χ1v) is 7.19. The van der Waals surface area contributed by atoms with Crippen molar-refractivity contribution in [2.75, 3.05) is 19.7 Å². The highest BCUT2D eigenvalue weighted by Crippen LogP contribution is 2.24. The summed E-state index contributed by atoms with van der Waals surface area (Å²) in [6, 6.07) is 8.26. The molecule has 0 aliphatic rings. The van der Waals surface area contributed by atoms with E-state index in [1.165, 1.54) is 5.56 Å². The maximum atomic E-state index is 5.88. The molecule has 19 heavy (non-hydrogen) atoms. The number of rotatable bonds is 8. The van der Waals surface area contributed by atoms with Gasteiger partial charge in [-0.15, -0.1) is 0 Å². The lowest BCUT2D eigenvalue weighted by Gasteiger charge is -2.22. The van der Waals surface area contributed by atoms with Gasteiger partial charge in [0.15, 0.2) is 0 Å². The summed E-state index contributed by atoms with van der Waals surface area (Å²) in [6.45, 7) is 8.57. The molecule has 1 unspecified atom stereocenters. The molecule has 108 valence electrons. The van der Waals surface area contributed by atoms with Gasteiger partial charge in [-0.25, -0.2) is 0 Å². The molecule has 0 amide bonds. The number of hydrogen-bond donors (Lipinski definition) is 2. The summed E-state index contributed by atoms with van der Waals surface area (Å²) >= 11 is 0. The highest BCUT2D eigenvalue weighted by Gasteiger charge is 2.16. The molecule has 0 fully saturated rings. The van der Waals surface area contributed by atoms with Crippen molar-refractivity contribution in [1.29, 1.82) is 0 Å². The molecule has 0 heterocycles. The largest absolute Gasteiger partial charge is 0.493 e. The van der Waals surface area contributed by atoms with Crippen LogP contribution in [0.2, 0.25) is 0 Å². The number of ether oxygens (including phenoxy) is 1. The van der Waals surface area contributed by atoms with Gasteiger partial charge in [0.2, 0.25) is 0 Å². The summed E-state index contributed by atoms with van der Waals surface area (Å²) in [7, 11) is 0. The average molecular weight is 264 g/mol. The summed E-state index contributed by atoms with van der Waals surface area (Å²) in [5.74, 6) is 2.37. The molecule has 1 aromatic rings. The van der Waals surface area contributed by atoms with Gasteiger partial charge in [0.25, 0.3) is 0 Å². The first-order valence-electron chi connectivity index (χ1n) is 7.19. The lowest BCUT2D eigenvalue weighted by atomic mass is 9.88. The predicted octanol–water partition coefficient (Wildman–Crippen LogP) is 2.43. The normalized spacial score (nSPS) is 13.0. The SMILES string of the molecule is CC(C)COc1ccccc1CC(C)C(CN)CN. The van der Waals surface area contributed by atoms with Gasteiger partial charge < -0.3 is 16.2 Å². The number of nitrogens with two attached hydrogens (primary N) is 2. The van der Waals surface area contributed by atoms with E-state index < -0.39 is 0 Å². The van der Waals surface area contributed by atoms with E-state index in [0.717, 1.165) is 18.8 Å². The molecule has 3 nitrogen and oxygen atoms in total. The van der Waals surface area contributed by atoms with Gasteiger partial charge in [-0.1, -0.05) is 39.0 Å². The van der Waals surface area contributed by atoms with Crippen LogP contribution >= 0.6 is 0 Å². The number of benzene rings is 1. The van der Waals surface area contributed by atoms with Crippen molar-refractivity contribution in [3.63, 3.8) is 0 Å². The van der Waals surface area contributed by atoms with Crippen LogP contribution in [-0.4, -0.2) is 19.7 Å². The molecule has 0 aliphatic heterocycles. The fourth-order valence-corrected chi connectivity index (χ4v) is 2.14. The molecule has 0 radical (unpaired) electrons. The van der Waals surface area contributed by atoms with Crippen LogP contribution in [0.3, 0.4) is 0 Å². The van der Waals surface area contributed by atoms with Crippen molar-refractivity contribution in [1.82, 2.24) is 0 Å². The fourth-order valence-electron chi connectivity index (χ4n) is 2.14. The second-order valence-corrected chi connectivity index (χ2v) is 5.73. The third-order valence-corrected chi connectivity index (χ3v) is 3.50. The highest BCUT2D eigenvalue weighted by molar-refractivity contribution is 5.33. The molecule has 0 saturated carbocycles. The average Bonchev–Trinajstić information content (AvgIpc) is 2.39. The van der Waals surface area contributed by atoms with Crippen LogP contribution in [0.1, 0.15) is 26.3 Å². The Balaban J connectivity index is 2.71. The third kappa shape index (κ3) is 5.21. The van der Waals surface area contributed by atoms with Crippen LogP contribution in [0, 0.1) is 17.8 Å². The van der Waals surface area contributed by atoms with Gasteiger partial charge in [0, 0.05) is 0 Å². The highest BCUT2D eigenvalue weighted by atomic mass is 16.5. The Morgan fingerprint density at radius 1 is 1.05 bits per heavy atom. The zero-order chi connectivity index (χ0) is 14.3. The van der Waals surface area contributed by atoms with Crippen molar-refractivity contribution in [2.24, 2.45) is 29.2 Å². The lowest BCUT2D eigenvalue weighted by molar-refractivity contribution is 0.265. The minimum Gasteiger partial charge on any atom is -0.493 e. The summed E-state index contributed by atoms with van der Waals surface area (Å²) in [4.78, 5) is 0. The van der Waals surface area contributed by atoms with Gasteiger partial charge >= 0.3 is 0 Å². The first-order chi connectivity index (χ1) is 9.08. The van der Waals surface area contributed by atoms with Crippen LogP contribution in [0.25, 0.3) is 0 Å². The van der Waals surface area contributed by atoms with Crippen LogP contribution in [0.5, 0.6) is 5.75 Å². The molecular weight excluding hydrogens is 236 g/mol. The summed E-state index contributed by atoms with van der Waals surface area (Å²) in [5.41, 5.74) is 12.8. The molecule has 1 atom stereocenters. The molecule has 4 N–H and O–H groups in total.